The van der Waals surface area contributed by atoms with Crippen LogP contribution in [0, 0.1) is 17.3 Å². The van der Waals surface area contributed by atoms with E-state index in [0.717, 1.165) is 37.2 Å². The summed E-state index contributed by atoms with van der Waals surface area (Å²) in [6, 6.07) is 9.68. The smallest absolute Gasteiger partial charge is 0.119 e. The van der Waals surface area contributed by atoms with Crippen LogP contribution in [-0.4, -0.2) is 42.4 Å². The molecular weight excluding hydrogens is 238 g/mol. The average molecular weight is 261 g/mol. The van der Waals surface area contributed by atoms with Gasteiger partial charge in [-0.05, 0) is 29.4 Å². The van der Waals surface area contributed by atoms with Gasteiger partial charge in [0.05, 0.1) is 0 Å². The van der Waals surface area contributed by atoms with E-state index in [0.29, 0.717) is 12.0 Å². The van der Waals surface area contributed by atoms with Crippen LogP contribution in [-0.2, 0) is 0 Å². The summed E-state index contributed by atoms with van der Waals surface area (Å²) in [4.78, 5) is 2.37. The van der Waals surface area contributed by atoms with Gasteiger partial charge in [0, 0.05) is 19.6 Å². The van der Waals surface area contributed by atoms with E-state index in [-0.39, 0.29) is 0 Å². The van der Waals surface area contributed by atoms with Crippen LogP contribution in [0.25, 0.3) is 0 Å². The molecule has 0 radical (unpaired) electrons. The maximum Gasteiger partial charge on any atom is 0.119 e. The molecule has 2 fully saturated rings. The number of aliphatic hydroxyl groups is 1. The minimum atomic E-state index is -0.402. The molecule has 0 spiro atoms. The molecule has 1 aliphatic heterocycles. The predicted molar refractivity (Wildman–Crippen MR) is 75.1 cm³/mol. The Hall–Kier alpha value is -1.06. The summed E-state index contributed by atoms with van der Waals surface area (Å²) in [5.74, 6) is 2.51. The van der Waals surface area contributed by atoms with Crippen molar-refractivity contribution in [3.05, 3.63) is 30.3 Å². The zero-order valence-corrected chi connectivity index (χ0v) is 11.7. The molecule has 2 aliphatic rings. The molecule has 3 heteroatoms. The number of benzene rings is 1. The third-order valence-electron chi connectivity index (χ3n) is 4.85. The third-order valence-corrected chi connectivity index (χ3v) is 4.85. The summed E-state index contributed by atoms with van der Waals surface area (Å²) >= 11 is 0. The Kier molecular flexibility index (Phi) is 3.27. The first-order valence-corrected chi connectivity index (χ1v) is 7.15. The van der Waals surface area contributed by atoms with Crippen molar-refractivity contribution in [2.24, 2.45) is 17.3 Å². The van der Waals surface area contributed by atoms with Gasteiger partial charge in [0.2, 0.25) is 0 Å². The molecule has 3 rings (SSSR count). The number of rotatable bonds is 5. The number of ether oxygens (including phenoxy) is 1. The molecule has 0 aromatic heterocycles. The van der Waals surface area contributed by atoms with E-state index < -0.39 is 6.10 Å². The molecule has 0 bridgehead atoms. The minimum absolute atomic E-state index is 0.374. The lowest BCUT2D eigenvalue weighted by atomic mass is 10.1. The summed E-state index contributed by atoms with van der Waals surface area (Å²) in [5.41, 5.74) is 0.544. The van der Waals surface area contributed by atoms with Crippen LogP contribution in [0.15, 0.2) is 30.3 Å². The molecule has 1 saturated carbocycles. The largest absolute Gasteiger partial charge is 0.491 e. The number of hydrogen-bond donors (Lipinski definition) is 1. The topological polar surface area (TPSA) is 32.7 Å². The summed E-state index contributed by atoms with van der Waals surface area (Å²) in [6.45, 7) is 8.10. The first kappa shape index (κ1) is 12.9. The van der Waals surface area contributed by atoms with E-state index in [4.69, 9.17) is 4.74 Å². The Morgan fingerprint density at radius 2 is 1.89 bits per heavy atom. The molecule has 1 heterocycles. The van der Waals surface area contributed by atoms with E-state index in [2.05, 4.69) is 18.7 Å². The normalized spacial score (nSPS) is 29.8. The van der Waals surface area contributed by atoms with E-state index in [9.17, 15) is 5.11 Å². The third kappa shape index (κ3) is 2.63. The molecule has 104 valence electrons. The Balaban J connectivity index is 1.40. The number of nitrogens with zero attached hydrogens (tertiary/aromatic N) is 1. The van der Waals surface area contributed by atoms with Gasteiger partial charge in [-0.2, -0.15) is 0 Å². The summed E-state index contributed by atoms with van der Waals surface area (Å²) < 4.78 is 5.58. The van der Waals surface area contributed by atoms with Crippen molar-refractivity contribution in [3.63, 3.8) is 0 Å². The highest BCUT2D eigenvalue weighted by atomic mass is 16.5. The maximum atomic E-state index is 10.0. The average Bonchev–Trinajstić information content (AvgIpc) is 2.79. The lowest BCUT2D eigenvalue weighted by Gasteiger charge is -2.24. The first-order valence-electron chi connectivity index (χ1n) is 7.15. The van der Waals surface area contributed by atoms with Gasteiger partial charge in [0.1, 0.15) is 18.5 Å². The van der Waals surface area contributed by atoms with Crippen molar-refractivity contribution in [1.29, 1.82) is 0 Å². The van der Waals surface area contributed by atoms with Gasteiger partial charge < -0.3 is 14.7 Å². The van der Waals surface area contributed by atoms with Gasteiger partial charge >= 0.3 is 0 Å². The minimum Gasteiger partial charge on any atom is -0.491 e. The number of hydrogen-bond acceptors (Lipinski definition) is 3. The number of aliphatic hydroxyl groups excluding tert-OH is 1. The molecule has 1 aliphatic carbocycles. The van der Waals surface area contributed by atoms with E-state index in [1.165, 1.54) is 0 Å². The number of β-amino-alcohol motifs (C(OH)–C–C–N with tert-alkyl or cyclic N) is 1. The van der Waals surface area contributed by atoms with Crippen LogP contribution in [0.3, 0.4) is 0 Å². The van der Waals surface area contributed by atoms with Gasteiger partial charge in [-0.25, -0.2) is 0 Å². The molecule has 3 nitrogen and oxygen atoms in total. The zero-order chi connectivity index (χ0) is 13.5. The van der Waals surface area contributed by atoms with Crippen LogP contribution in [0.2, 0.25) is 0 Å². The van der Waals surface area contributed by atoms with Crippen LogP contribution in [0.5, 0.6) is 5.75 Å². The highest BCUT2D eigenvalue weighted by molar-refractivity contribution is 5.20. The second kappa shape index (κ2) is 4.80. The van der Waals surface area contributed by atoms with Crippen molar-refractivity contribution in [2.75, 3.05) is 26.2 Å². The monoisotopic (exact) mass is 261 g/mol. The van der Waals surface area contributed by atoms with Crippen LogP contribution < -0.4 is 4.74 Å². The molecular formula is C16H23NO2. The second-order valence-corrected chi connectivity index (χ2v) is 6.53. The first-order chi connectivity index (χ1) is 9.07. The quantitative estimate of drug-likeness (QED) is 0.880. The van der Waals surface area contributed by atoms with E-state index in [1.54, 1.807) is 0 Å². The fourth-order valence-electron chi connectivity index (χ4n) is 3.42. The van der Waals surface area contributed by atoms with E-state index >= 15 is 0 Å². The molecule has 1 saturated heterocycles. The van der Waals surface area contributed by atoms with Gasteiger partial charge in [-0.1, -0.05) is 32.0 Å². The summed E-state index contributed by atoms with van der Waals surface area (Å²) in [6.07, 6.45) is -0.402. The Labute approximate surface area is 115 Å². The predicted octanol–water partition coefficient (Wildman–Crippen LogP) is 2.01. The number of piperidine rings is 1. The molecule has 1 N–H and O–H groups in total. The van der Waals surface area contributed by atoms with Crippen molar-refractivity contribution in [3.8, 4) is 5.75 Å². The van der Waals surface area contributed by atoms with Crippen LogP contribution in [0.4, 0.5) is 0 Å². The SMILES string of the molecule is CC1(C)C2CN(CC(O)COc3ccccc3)CC21. The number of para-hydroxylation sites is 1. The van der Waals surface area contributed by atoms with Crippen molar-refractivity contribution in [2.45, 2.75) is 20.0 Å². The van der Waals surface area contributed by atoms with Crippen molar-refractivity contribution < 1.29 is 9.84 Å². The molecule has 3 unspecified atom stereocenters. The molecule has 19 heavy (non-hydrogen) atoms. The van der Waals surface area contributed by atoms with Gasteiger partial charge in [-0.3, -0.25) is 0 Å². The van der Waals surface area contributed by atoms with Gasteiger partial charge in [-0.15, -0.1) is 0 Å². The van der Waals surface area contributed by atoms with E-state index in [1.807, 2.05) is 30.3 Å². The highest BCUT2D eigenvalue weighted by Gasteiger charge is 2.61. The fraction of sp³-hybridized carbons (Fsp3) is 0.625. The standard InChI is InChI=1S/C16H23NO2/c1-16(2)14-9-17(10-15(14)16)8-12(18)11-19-13-6-4-3-5-7-13/h3-7,12,14-15,18H,8-11H2,1-2H3. The van der Waals surface area contributed by atoms with Crippen molar-refractivity contribution in [1.82, 2.24) is 4.90 Å². The molecule has 1 aromatic rings. The second-order valence-electron chi connectivity index (χ2n) is 6.53. The Morgan fingerprint density at radius 1 is 1.26 bits per heavy atom. The lowest BCUT2D eigenvalue weighted by Crippen LogP contribution is -2.36. The fourth-order valence-corrected chi connectivity index (χ4v) is 3.42. The van der Waals surface area contributed by atoms with Gasteiger partial charge in [0.25, 0.3) is 0 Å². The van der Waals surface area contributed by atoms with Crippen LogP contribution >= 0.6 is 0 Å². The van der Waals surface area contributed by atoms with Crippen molar-refractivity contribution >= 4 is 0 Å². The number of likely N-dealkylation sites (tertiary alicyclic amines) is 1. The number of fused-ring (bicyclic) bond motifs is 1. The summed E-state index contributed by atoms with van der Waals surface area (Å²) in [5, 5.41) is 10.0. The maximum absolute atomic E-state index is 10.0. The molecule has 1 aromatic carbocycles. The molecule has 0 amide bonds. The van der Waals surface area contributed by atoms with Crippen LogP contribution in [0.1, 0.15) is 13.8 Å². The summed E-state index contributed by atoms with van der Waals surface area (Å²) in [7, 11) is 0. The lowest BCUT2D eigenvalue weighted by molar-refractivity contribution is 0.0686. The zero-order valence-electron chi connectivity index (χ0n) is 11.7. The highest BCUT2D eigenvalue weighted by Crippen LogP contribution is 2.61. The molecule has 3 atom stereocenters. The Morgan fingerprint density at radius 3 is 2.53 bits per heavy atom. The Bertz CT molecular complexity index is 418. The van der Waals surface area contributed by atoms with Gasteiger partial charge in [0.15, 0.2) is 0 Å².